The number of ether oxygens (including phenoxy) is 1. The number of nitrogens with two attached hydrogens (primary N) is 1. The molecular formula is C7H18N2O2. The maximum atomic E-state index is 9.60. The number of carbonyl (C=O) groups is 1. The zero-order valence-corrected chi connectivity index (χ0v) is 7.68. The molecule has 0 spiro atoms. The van der Waals surface area contributed by atoms with Crippen molar-refractivity contribution in [1.29, 1.82) is 0 Å². The lowest BCUT2D eigenvalue weighted by atomic mass is 10.2. The zero-order valence-electron chi connectivity index (χ0n) is 7.68. The van der Waals surface area contributed by atoms with Crippen LogP contribution in [0.25, 0.3) is 0 Å². The van der Waals surface area contributed by atoms with Crippen LogP contribution in [0.1, 0.15) is 27.7 Å². The highest BCUT2D eigenvalue weighted by Crippen LogP contribution is 2.02. The van der Waals surface area contributed by atoms with Crippen molar-refractivity contribution in [2.24, 2.45) is 5.84 Å². The largest absolute Gasteiger partial charge is 0.462 e. The lowest BCUT2D eigenvalue weighted by Gasteiger charge is -2.14. The standard InChI is InChI=1S/C5H10O2.C2H8N2/c1-5(2,3)7-4-6;1-2-4-3/h4H,1-3H3;4H,2-3H2,1H3. The summed E-state index contributed by atoms with van der Waals surface area (Å²) in [6.45, 7) is 8.71. The summed E-state index contributed by atoms with van der Waals surface area (Å²) in [7, 11) is 0. The molecule has 0 atom stereocenters. The molecular weight excluding hydrogens is 144 g/mol. The maximum Gasteiger partial charge on any atom is 0.293 e. The Kier molecular flexibility index (Phi) is 8.87. The van der Waals surface area contributed by atoms with Gasteiger partial charge in [0.2, 0.25) is 0 Å². The molecule has 0 radical (unpaired) electrons. The van der Waals surface area contributed by atoms with Crippen LogP contribution in [-0.2, 0) is 9.53 Å². The first-order valence-corrected chi connectivity index (χ1v) is 3.52. The number of hydrogen-bond donors (Lipinski definition) is 2. The molecule has 68 valence electrons. The Morgan fingerprint density at radius 3 is 1.91 bits per heavy atom. The highest BCUT2D eigenvalue weighted by atomic mass is 16.5. The van der Waals surface area contributed by atoms with Gasteiger partial charge in [-0.15, -0.1) is 0 Å². The van der Waals surface area contributed by atoms with E-state index in [0.29, 0.717) is 6.47 Å². The summed E-state index contributed by atoms with van der Waals surface area (Å²) in [6.07, 6.45) is 0. The van der Waals surface area contributed by atoms with Gasteiger partial charge in [-0.2, -0.15) is 0 Å². The Balaban J connectivity index is 0. The molecule has 0 amide bonds. The lowest BCUT2D eigenvalue weighted by Crippen LogP contribution is -2.20. The molecule has 0 saturated carbocycles. The minimum Gasteiger partial charge on any atom is -0.462 e. The van der Waals surface area contributed by atoms with Gasteiger partial charge in [-0.3, -0.25) is 16.1 Å². The van der Waals surface area contributed by atoms with Crippen LogP contribution in [-0.4, -0.2) is 18.6 Å². The SMILES string of the molecule is CC(C)(C)OC=O.CCNN. The minimum atomic E-state index is -0.318. The van der Waals surface area contributed by atoms with Crippen LogP contribution < -0.4 is 11.3 Å². The molecule has 4 heteroatoms. The highest BCUT2D eigenvalue weighted by molar-refractivity contribution is 5.37. The second-order valence-electron chi connectivity index (χ2n) is 2.88. The molecule has 0 aliphatic carbocycles. The third kappa shape index (κ3) is 26.6. The van der Waals surface area contributed by atoms with Crippen LogP contribution in [0.15, 0.2) is 0 Å². The Labute approximate surface area is 68.1 Å². The molecule has 11 heavy (non-hydrogen) atoms. The van der Waals surface area contributed by atoms with Gasteiger partial charge in [0.25, 0.3) is 6.47 Å². The molecule has 0 aromatic rings. The second-order valence-corrected chi connectivity index (χ2v) is 2.88. The molecule has 0 aliphatic rings. The summed E-state index contributed by atoms with van der Waals surface area (Å²) in [5.41, 5.74) is 2.11. The van der Waals surface area contributed by atoms with Gasteiger partial charge in [-0.1, -0.05) is 6.92 Å². The molecule has 0 aromatic heterocycles. The van der Waals surface area contributed by atoms with Crippen LogP contribution in [0.5, 0.6) is 0 Å². The molecule has 0 fully saturated rings. The molecule has 0 bridgehead atoms. The van der Waals surface area contributed by atoms with Gasteiger partial charge >= 0.3 is 0 Å². The van der Waals surface area contributed by atoms with Gasteiger partial charge in [0.1, 0.15) is 5.60 Å². The number of hydrogen-bond acceptors (Lipinski definition) is 4. The van der Waals surface area contributed by atoms with Gasteiger partial charge in [0.15, 0.2) is 0 Å². The minimum absolute atomic E-state index is 0.318. The van der Waals surface area contributed by atoms with E-state index in [2.05, 4.69) is 10.2 Å². The van der Waals surface area contributed by atoms with E-state index in [9.17, 15) is 4.79 Å². The van der Waals surface area contributed by atoms with Crippen LogP contribution in [0, 0.1) is 0 Å². The van der Waals surface area contributed by atoms with Crippen LogP contribution in [0.4, 0.5) is 0 Å². The number of rotatable bonds is 2. The predicted molar refractivity (Wildman–Crippen MR) is 44.8 cm³/mol. The maximum absolute atomic E-state index is 9.60. The molecule has 0 rings (SSSR count). The van der Waals surface area contributed by atoms with Crippen molar-refractivity contribution in [2.45, 2.75) is 33.3 Å². The fourth-order valence-electron chi connectivity index (χ4n) is 0.144. The third-order valence-electron chi connectivity index (χ3n) is 0.606. The molecule has 4 nitrogen and oxygen atoms in total. The van der Waals surface area contributed by atoms with Crippen LogP contribution >= 0.6 is 0 Å². The quantitative estimate of drug-likeness (QED) is 0.351. The first-order valence-electron chi connectivity index (χ1n) is 3.52. The number of nitrogens with one attached hydrogen (secondary N) is 1. The molecule has 0 saturated heterocycles. The van der Waals surface area contributed by atoms with E-state index in [0.717, 1.165) is 6.54 Å². The number of carbonyl (C=O) groups excluding carboxylic acids is 1. The normalized spacial score (nSPS) is 9.55. The van der Waals surface area contributed by atoms with E-state index in [1.165, 1.54) is 0 Å². The summed E-state index contributed by atoms with van der Waals surface area (Å²) < 4.78 is 4.55. The van der Waals surface area contributed by atoms with Crippen molar-refractivity contribution in [3.8, 4) is 0 Å². The highest BCUT2D eigenvalue weighted by Gasteiger charge is 2.07. The van der Waals surface area contributed by atoms with Crippen molar-refractivity contribution in [1.82, 2.24) is 5.43 Å². The first-order chi connectivity index (χ1) is 4.97. The number of hydrazine groups is 1. The van der Waals surface area contributed by atoms with E-state index in [4.69, 9.17) is 5.84 Å². The molecule has 0 aliphatic heterocycles. The van der Waals surface area contributed by atoms with Crippen LogP contribution in [0.2, 0.25) is 0 Å². The third-order valence-corrected chi connectivity index (χ3v) is 0.606. The van der Waals surface area contributed by atoms with Crippen molar-refractivity contribution in [2.75, 3.05) is 6.54 Å². The van der Waals surface area contributed by atoms with Gasteiger partial charge < -0.3 is 4.74 Å². The Hall–Kier alpha value is -0.610. The van der Waals surface area contributed by atoms with Crippen molar-refractivity contribution in [3.05, 3.63) is 0 Å². The summed E-state index contributed by atoms with van der Waals surface area (Å²) in [5, 5.41) is 0. The second kappa shape index (κ2) is 7.50. The van der Waals surface area contributed by atoms with E-state index < -0.39 is 0 Å². The average Bonchev–Trinajstić information content (AvgIpc) is 1.86. The van der Waals surface area contributed by atoms with Crippen molar-refractivity contribution >= 4 is 6.47 Å². The van der Waals surface area contributed by atoms with E-state index in [-0.39, 0.29) is 5.60 Å². The van der Waals surface area contributed by atoms with E-state index in [1.807, 2.05) is 27.7 Å². The smallest absolute Gasteiger partial charge is 0.293 e. The van der Waals surface area contributed by atoms with Crippen molar-refractivity contribution in [3.63, 3.8) is 0 Å². The molecule has 3 N–H and O–H groups in total. The molecule has 0 aromatic carbocycles. The summed E-state index contributed by atoms with van der Waals surface area (Å²) in [5.74, 6) is 4.78. The van der Waals surface area contributed by atoms with E-state index >= 15 is 0 Å². The summed E-state index contributed by atoms with van der Waals surface area (Å²) in [6, 6.07) is 0. The monoisotopic (exact) mass is 162 g/mol. The van der Waals surface area contributed by atoms with E-state index in [1.54, 1.807) is 0 Å². The predicted octanol–water partition coefficient (Wildman–Crippen LogP) is 0.427. The van der Waals surface area contributed by atoms with Gasteiger partial charge in [-0.05, 0) is 20.8 Å². The Morgan fingerprint density at radius 2 is 1.91 bits per heavy atom. The van der Waals surface area contributed by atoms with Gasteiger partial charge in [-0.25, -0.2) is 0 Å². The molecule has 0 unspecified atom stereocenters. The van der Waals surface area contributed by atoms with Gasteiger partial charge in [0.05, 0.1) is 0 Å². The fraction of sp³-hybridized carbons (Fsp3) is 0.857. The Morgan fingerprint density at radius 1 is 1.55 bits per heavy atom. The molecule has 0 heterocycles. The summed E-state index contributed by atoms with van der Waals surface area (Å²) in [4.78, 5) is 9.60. The van der Waals surface area contributed by atoms with Gasteiger partial charge in [0, 0.05) is 6.54 Å². The first kappa shape index (κ1) is 13.0. The Bertz CT molecular complexity index is 86.9. The topological polar surface area (TPSA) is 64.3 Å². The fourth-order valence-corrected chi connectivity index (χ4v) is 0.144. The average molecular weight is 162 g/mol. The zero-order chi connectivity index (χ0) is 9.33. The van der Waals surface area contributed by atoms with Crippen LogP contribution in [0.3, 0.4) is 0 Å². The summed E-state index contributed by atoms with van der Waals surface area (Å²) >= 11 is 0. The lowest BCUT2D eigenvalue weighted by molar-refractivity contribution is -0.138. The van der Waals surface area contributed by atoms with Crippen molar-refractivity contribution < 1.29 is 9.53 Å².